The fraction of sp³-hybridized carbons (Fsp3) is 0.0714. The first kappa shape index (κ1) is 17.0. The van der Waals surface area contributed by atoms with Crippen LogP contribution in [-0.2, 0) is 6.18 Å². The molecule has 1 amide bonds. The molecule has 0 saturated carbocycles. The molecular weight excluding hydrogens is 434 g/mol. The van der Waals surface area contributed by atoms with Crippen LogP contribution in [0.25, 0.3) is 0 Å². The SMILES string of the molecule is O=C(Nc1cc(C(F)(F)F)c(Br)cc1Br)c1ccccc1F. The summed E-state index contributed by atoms with van der Waals surface area (Å²) in [7, 11) is 0. The summed E-state index contributed by atoms with van der Waals surface area (Å²) < 4.78 is 52.2. The van der Waals surface area contributed by atoms with Gasteiger partial charge >= 0.3 is 6.18 Å². The van der Waals surface area contributed by atoms with Crippen LogP contribution in [0.4, 0.5) is 23.2 Å². The monoisotopic (exact) mass is 439 g/mol. The van der Waals surface area contributed by atoms with E-state index in [4.69, 9.17) is 0 Å². The average molecular weight is 441 g/mol. The van der Waals surface area contributed by atoms with Crippen LogP contribution in [0, 0.1) is 5.82 Å². The predicted octanol–water partition coefficient (Wildman–Crippen LogP) is 5.62. The van der Waals surface area contributed by atoms with Gasteiger partial charge in [-0.25, -0.2) is 4.39 Å². The van der Waals surface area contributed by atoms with Crippen LogP contribution in [0.15, 0.2) is 45.3 Å². The molecule has 0 aliphatic rings. The maximum absolute atomic E-state index is 13.5. The lowest BCUT2D eigenvalue weighted by Gasteiger charge is -2.14. The number of halogens is 6. The van der Waals surface area contributed by atoms with Gasteiger partial charge in [-0.2, -0.15) is 13.2 Å². The Kier molecular flexibility index (Phi) is 4.91. The molecule has 0 spiro atoms. The standard InChI is InChI=1S/C14H7Br2F4NO/c15-9-6-10(16)12(5-8(9)14(18,19)20)21-13(22)7-3-1-2-4-11(7)17/h1-6H,(H,21,22). The first-order valence-corrected chi connectivity index (χ1v) is 7.41. The van der Waals surface area contributed by atoms with Crippen molar-refractivity contribution in [1.82, 2.24) is 0 Å². The summed E-state index contributed by atoms with van der Waals surface area (Å²) in [4.78, 5) is 12.0. The highest BCUT2D eigenvalue weighted by Crippen LogP contribution is 2.39. The fourth-order valence-corrected chi connectivity index (χ4v) is 3.01. The van der Waals surface area contributed by atoms with Crippen LogP contribution < -0.4 is 5.32 Å². The molecule has 0 atom stereocenters. The molecule has 0 bridgehead atoms. The topological polar surface area (TPSA) is 29.1 Å². The molecule has 0 heterocycles. The Balaban J connectivity index is 2.38. The second-order valence-electron chi connectivity index (χ2n) is 4.24. The molecule has 1 N–H and O–H groups in total. The van der Waals surface area contributed by atoms with E-state index in [9.17, 15) is 22.4 Å². The van der Waals surface area contributed by atoms with Crippen molar-refractivity contribution in [3.05, 3.63) is 62.3 Å². The molecule has 2 aromatic carbocycles. The fourth-order valence-electron chi connectivity index (χ4n) is 1.70. The normalized spacial score (nSPS) is 11.4. The van der Waals surface area contributed by atoms with Gasteiger partial charge in [-0.15, -0.1) is 0 Å². The van der Waals surface area contributed by atoms with E-state index in [0.717, 1.165) is 12.1 Å². The highest BCUT2D eigenvalue weighted by Gasteiger charge is 2.34. The summed E-state index contributed by atoms with van der Waals surface area (Å²) in [5, 5.41) is 2.26. The van der Waals surface area contributed by atoms with Gasteiger partial charge in [0, 0.05) is 8.95 Å². The highest BCUT2D eigenvalue weighted by atomic mass is 79.9. The van der Waals surface area contributed by atoms with Gasteiger partial charge in [0.25, 0.3) is 5.91 Å². The minimum Gasteiger partial charge on any atom is -0.321 e. The number of nitrogens with one attached hydrogen (secondary N) is 1. The highest BCUT2D eigenvalue weighted by molar-refractivity contribution is 9.11. The number of benzene rings is 2. The van der Waals surface area contributed by atoms with E-state index in [1.165, 1.54) is 24.3 Å². The van der Waals surface area contributed by atoms with E-state index in [0.29, 0.717) is 0 Å². The minimum atomic E-state index is -4.59. The van der Waals surface area contributed by atoms with Crippen molar-refractivity contribution >= 4 is 43.5 Å². The zero-order valence-corrected chi connectivity index (χ0v) is 13.8. The molecule has 8 heteroatoms. The number of rotatable bonds is 2. The summed E-state index contributed by atoms with van der Waals surface area (Å²) >= 11 is 5.88. The lowest BCUT2D eigenvalue weighted by atomic mass is 10.1. The lowest BCUT2D eigenvalue weighted by Crippen LogP contribution is -2.15. The van der Waals surface area contributed by atoms with Crippen LogP contribution >= 0.6 is 31.9 Å². The third-order valence-corrected chi connectivity index (χ3v) is 4.04. The third-order valence-electron chi connectivity index (χ3n) is 2.73. The van der Waals surface area contributed by atoms with Crippen molar-refractivity contribution < 1.29 is 22.4 Å². The molecule has 0 saturated heterocycles. The molecule has 116 valence electrons. The minimum absolute atomic E-state index is 0.108. The molecule has 2 rings (SSSR count). The summed E-state index contributed by atoms with van der Waals surface area (Å²) in [5.74, 6) is -1.60. The van der Waals surface area contributed by atoms with Crippen LogP contribution in [0.5, 0.6) is 0 Å². The molecule has 0 aliphatic heterocycles. The second kappa shape index (κ2) is 6.37. The van der Waals surface area contributed by atoms with Crippen molar-refractivity contribution in [2.75, 3.05) is 5.32 Å². The first-order chi connectivity index (χ1) is 10.2. The zero-order chi connectivity index (χ0) is 16.5. The Morgan fingerprint density at radius 3 is 2.27 bits per heavy atom. The average Bonchev–Trinajstić information content (AvgIpc) is 2.40. The Hall–Kier alpha value is -1.41. The molecule has 0 aliphatic carbocycles. The largest absolute Gasteiger partial charge is 0.417 e. The van der Waals surface area contributed by atoms with Crippen LogP contribution in [0.3, 0.4) is 0 Å². The number of hydrogen-bond donors (Lipinski definition) is 1. The van der Waals surface area contributed by atoms with E-state index in [-0.39, 0.29) is 20.2 Å². The maximum atomic E-state index is 13.5. The van der Waals surface area contributed by atoms with Crippen LogP contribution in [0.1, 0.15) is 15.9 Å². The van der Waals surface area contributed by atoms with E-state index in [2.05, 4.69) is 37.2 Å². The number of carbonyl (C=O) groups is 1. The summed E-state index contributed by atoms with van der Waals surface area (Å²) in [6.45, 7) is 0. The van der Waals surface area contributed by atoms with Gasteiger partial charge in [-0.05, 0) is 40.2 Å². The summed E-state index contributed by atoms with van der Waals surface area (Å²) in [6.07, 6.45) is -4.59. The first-order valence-electron chi connectivity index (χ1n) is 5.82. The van der Waals surface area contributed by atoms with Gasteiger partial charge in [0.1, 0.15) is 5.82 Å². The van der Waals surface area contributed by atoms with Gasteiger partial charge in [-0.1, -0.05) is 28.1 Å². The van der Waals surface area contributed by atoms with Gasteiger partial charge in [-0.3, -0.25) is 4.79 Å². The number of carbonyl (C=O) groups excluding carboxylic acids is 1. The van der Waals surface area contributed by atoms with Crippen molar-refractivity contribution in [1.29, 1.82) is 0 Å². The number of hydrogen-bond acceptors (Lipinski definition) is 1. The Morgan fingerprint density at radius 2 is 1.68 bits per heavy atom. The van der Waals surface area contributed by atoms with E-state index in [1.54, 1.807) is 0 Å². The molecule has 22 heavy (non-hydrogen) atoms. The number of alkyl halides is 3. The molecule has 0 aromatic heterocycles. The lowest BCUT2D eigenvalue weighted by molar-refractivity contribution is -0.138. The van der Waals surface area contributed by atoms with Crippen molar-refractivity contribution in [2.45, 2.75) is 6.18 Å². The molecular formula is C14H7Br2F4NO. The third kappa shape index (κ3) is 3.67. The van der Waals surface area contributed by atoms with Crippen LogP contribution in [-0.4, -0.2) is 5.91 Å². The number of amides is 1. The smallest absolute Gasteiger partial charge is 0.321 e. The Morgan fingerprint density at radius 1 is 1.05 bits per heavy atom. The quantitative estimate of drug-likeness (QED) is 0.603. The molecule has 2 nitrogen and oxygen atoms in total. The summed E-state index contributed by atoms with van der Waals surface area (Å²) in [6, 6.07) is 7.13. The summed E-state index contributed by atoms with van der Waals surface area (Å²) in [5.41, 5.74) is -1.31. The predicted molar refractivity (Wildman–Crippen MR) is 81.2 cm³/mol. The number of anilines is 1. The van der Waals surface area contributed by atoms with Crippen molar-refractivity contribution in [3.63, 3.8) is 0 Å². The van der Waals surface area contributed by atoms with E-state index < -0.39 is 23.5 Å². The Labute approximate surface area is 139 Å². The molecule has 0 fully saturated rings. The van der Waals surface area contributed by atoms with E-state index >= 15 is 0 Å². The van der Waals surface area contributed by atoms with E-state index in [1.807, 2.05) is 0 Å². The van der Waals surface area contributed by atoms with Crippen LogP contribution in [0.2, 0.25) is 0 Å². The molecule has 0 unspecified atom stereocenters. The van der Waals surface area contributed by atoms with Crippen molar-refractivity contribution in [3.8, 4) is 0 Å². The maximum Gasteiger partial charge on any atom is 0.417 e. The molecule has 0 radical (unpaired) electrons. The second-order valence-corrected chi connectivity index (χ2v) is 5.95. The van der Waals surface area contributed by atoms with Gasteiger partial charge in [0.15, 0.2) is 0 Å². The van der Waals surface area contributed by atoms with Gasteiger partial charge < -0.3 is 5.32 Å². The van der Waals surface area contributed by atoms with Crippen molar-refractivity contribution in [2.24, 2.45) is 0 Å². The van der Waals surface area contributed by atoms with Gasteiger partial charge in [0.05, 0.1) is 16.8 Å². The molecule has 2 aromatic rings. The van der Waals surface area contributed by atoms with Gasteiger partial charge in [0.2, 0.25) is 0 Å². The zero-order valence-electron chi connectivity index (χ0n) is 10.6. The Bertz CT molecular complexity index is 731.